The molecule has 4 nitrogen and oxygen atoms in total. The molecule has 0 amide bonds. The summed E-state index contributed by atoms with van der Waals surface area (Å²) in [6, 6.07) is 12.8. The third-order valence-electron chi connectivity index (χ3n) is 3.54. The first-order chi connectivity index (χ1) is 12.1. The van der Waals surface area contributed by atoms with Crippen molar-refractivity contribution in [1.82, 2.24) is 4.98 Å². The van der Waals surface area contributed by atoms with Crippen LogP contribution in [0.25, 0.3) is 22.4 Å². The van der Waals surface area contributed by atoms with Crippen molar-refractivity contribution < 1.29 is 13.9 Å². The van der Waals surface area contributed by atoms with Crippen LogP contribution in [0.5, 0.6) is 11.5 Å². The molecule has 6 heteroatoms. The fraction of sp³-hybridized carbons (Fsp3) is 0.105. The molecular weight excluding hydrogens is 361 g/mol. The maximum atomic E-state index is 6.35. The Morgan fingerprint density at radius 1 is 1.04 bits per heavy atom. The zero-order valence-corrected chi connectivity index (χ0v) is 15.1. The third kappa shape index (κ3) is 3.98. The molecule has 0 radical (unpaired) electrons. The van der Waals surface area contributed by atoms with Crippen LogP contribution in [-0.4, -0.2) is 19.2 Å². The Bertz CT molecular complexity index is 901. The van der Waals surface area contributed by atoms with E-state index in [4.69, 9.17) is 37.1 Å². The highest BCUT2D eigenvalue weighted by molar-refractivity contribution is 6.50. The zero-order valence-electron chi connectivity index (χ0n) is 13.6. The Morgan fingerprint density at radius 2 is 1.76 bits per heavy atom. The van der Waals surface area contributed by atoms with Gasteiger partial charge in [0.05, 0.1) is 20.4 Å². The number of hydrogen-bond donors (Lipinski definition) is 0. The number of ether oxygens (including phenoxy) is 2. The lowest BCUT2D eigenvalue weighted by Gasteiger charge is -2.07. The smallest absolute Gasteiger partial charge is 0.238 e. The lowest BCUT2D eigenvalue weighted by Crippen LogP contribution is -1.90. The topological polar surface area (TPSA) is 44.5 Å². The molecular formula is C19H15Cl2NO3. The van der Waals surface area contributed by atoms with Gasteiger partial charge in [0, 0.05) is 10.6 Å². The van der Waals surface area contributed by atoms with E-state index in [-0.39, 0.29) is 0 Å². The molecule has 0 spiro atoms. The zero-order chi connectivity index (χ0) is 17.8. The first kappa shape index (κ1) is 17.4. The average Bonchev–Trinajstić information content (AvgIpc) is 3.12. The fourth-order valence-corrected chi connectivity index (χ4v) is 2.62. The standard InChI is InChI=1S/C19H15Cl2NO3/c1-23-16-8-3-12(10-17(16)24-2)9-15(21)19-22-11-18(25-19)13-4-6-14(20)7-5-13/h3-11H,1-2H3/b15-9-. The highest BCUT2D eigenvalue weighted by atomic mass is 35.5. The van der Waals surface area contributed by atoms with Gasteiger partial charge >= 0.3 is 0 Å². The van der Waals surface area contributed by atoms with Crippen molar-refractivity contribution in [2.24, 2.45) is 0 Å². The summed E-state index contributed by atoms with van der Waals surface area (Å²) in [5.41, 5.74) is 1.72. The Labute approximate surface area is 155 Å². The lowest BCUT2D eigenvalue weighted by molar-refractivity contribution is 0.355. The first-order valence-electron chi connectivity index (χ1n) is 7.42. The summed E-state index contributed by atoms with van der Waals surface area (Å²) >= 11 is 12.2. The molecule has 0 N–H and O–H groups in total. The highest BCUT2D eigenvalue weighted by Crippen LogP contribution is 2.31. The van der Waals surface area contributed by atoms with E-state index >= 15 is 0 Å². The molecule has 0 saturated carbocycles. The second-order valence-corrected chi connectivity index (χ2v) is 5.99. The van der Waals surface area contributed by atoms with Gasteiger partial charge in [0.2, 0.25) is 5.89 Å². The van der Waals surface area contributed by atoms with Gasteiger partial charge in [-0.2, -0.15) is 0 Å². The van der Waals surface area contributed by atoms with Crippen LogP contribution in [0, 0.1) is 0 Å². The average molecular weight is 376 g/mol. The lowest BCUT2D eigenvalue weighted by atomic mass is 10.2. The molecule has 1 aromatic heterocycles. The van der Waals surface area contributed by atoms with Gasteiger partial charge in [0.15, 0.2) is 17.3 Å². The maximum Gasteiger partial charge on any atom is 0.238 e. The molecule has 25 heavy (non-hydrogen) atoms. The molecule has 0 atom stereocenters. The summed E-state index contributed by atoms with van der Waals surface area (Å²) in [5, 5.41) is 1.04. The summed E-state index contributed by atoms with van der Waals surface area (Å²) in [6.07, 6.45) is 3.38. The van der Waals surface area contributed by atoms with Gasteiger partial charge in [-0.05, 0) is 48.0 Å². The molecule has 3 aromatic rings. The number of methoxy groups -OCH3 is 2. The molecule has 1 heterocycles. The molecule has 0 unspecified atom stereocenters. The van der Waals surface area contributed by atoms with Crippen molar-refractivity contribution in [3.63, 3.8) is 0 Å². The van der Waals surface area contributed by atoms with E-state index in [0.717, 1.165) is 11.1 Å². The van der Waals surface area contributed by atoms with Crippen LogP contribution in [0.2, 0.25) is 5.02 Å². The predicted octanol–water partition coefficient (Wildman–Crippen LogP) is 5.75. The van der Waals surface area contributed by atoms with Crippen LogP contribution in [-0.2, 0) is 0 Å². The van der Waals surface area contributed by atoms with Crippen LogP contribution in [0.1, 0.15) is 11.5 Å². The summed E-state index contributed by atoms with van der Waals surface area (Å²) < 4.78 is 16.2. The van der Waals surface area contributed by atoms with Crippen molar-refractivity contribution in [1.29, 1.82) is 0 Å². The molecule has 2 aromatic carbocycles. The van der Waals surface area contributed by atoms with Crippen molar-refractivity contribution >= 4 is 34.3 Å². The predicted molar refractivity (Wildman–Crippen MR) is 100 cm³/mol. The van der Waals surface area contributed by atoms with E-state index in [9.17, 15) is 0 Å². The summed E-state index contributed by atoms with van der Waals surface area (Å²) in [5.74, 6) is 2.22. The quantitative estimate of drug-likeness (QED) is 0.569. The maximum absolute atomic E-state index is 6.35. The van der Waals surface area contributed by atoms with E-state index < -0.39 is 0 Å². The van der Waals surface area contributed by atoms with Gasteiger partial charge in [0.1, 0.15) is 5.03 Å². The largest absolute Gasteiger partial charge is 0.493 e. The van der Waals surface area contributed by atoms with Crippen LogP contribution in [0.4, 0.5) is 0 Å². The summed E-state index contributed by atoms with van der Waals surface area (Å²) in [7, 11) is 3.17. The Hall–Kier alpha value is -2.43. The number of benzene rings is 2. The fourth-order valence-electron chi connectivity index (χ4n) is 2.28. The van der Waals surface area contributed by atoms with Crippen LogP contribution >= 0.6 is 23.2 Å². The van der Waals surface area contributed by atoms with E-state index in [1.807, 2.05) is 30.3 Å². The molecule has 0 aliphatic carbocycles. The van der Waals surface area contributed by atoms with Gasteiger partial charge < -0.3 is 13.9 Å². The molecule has 0 aliphatic rings. The number of hydrogen-bond acceptors (Lipinski definition) is 4. The number of aromatic nitrogens is 1. The van der Waals surface area contributed by atoms with Crippen molar-refractivity contribution in [3.05, 3.63) is 65.1 Å². The van der Waals surface area contributed by atoms with Crippen molar-refractivity contribution in [2.45, 2.75) is 0 Å². The van der Waals surface area contributed by atoms with Crippen LogP contribution in [0.3, 0.4) is 0 Å². The van der Waals surface area contributed by atoms with E-state index in [1.165, 1.54) is 0 Å². The molecule has 128 valence electrons. The van der Waals surface area contributed by atoms with Gasteiger partial charge in [-0.1, -0.05) is 29.3 Å². The van der Waals surface area contributed by atoms with Gasteiger partial charge in [-0.25, -0.2) is 4.98 Å². The Morgan fingerprint density at radius 3 is 2.44 bits per heavy atom. The van der Waals surface area contributed by atoms with Crippen LogP contribution in [0.15, 0.2) is 53.1 Å². The van der Waals surface area contributed by atoms with Gasteiger partial charge in [0.25, 0.3) is 0 Å². The monoisotopic (exact) mass is 375 g/mol. The summed E-state index contributed by atoms with van der Waals surface area (Å²) in [4.78, 5) is 4.23. The van der Waals surface area contributed by atoms with Crippen molar-refractivity contribution in [2.75, 3.05) is 14.2 Å². The minimum atomic E-state index is 0.335. The van der Waals surface area contributed by atoms with E-state index in [2.05, 4.69) is 4.98 Å². The third-order valence-corrected chi connectivity index (χ3v) is 4.06. The molecule has 0 saturated heterocycles. The van der Waals surface area contributed by atoms with Gasteiger partial charge in [-0.15, -0.1) is 0 Å². The normalized spacial score (nSPS) is 11.4. The molecule has 0 bridgehead atoms. The SMILES string of the molecule is COc1ccc(/C=C(\Cl)c2ncc(-c3ccc(Cl)cc3)o2)cc1OC. The number of nitrogens with zero attached hydrogens (tertiary/aromatic N) is 1. The molecule has 0 fully saturated rings. The van der Waals surface area contributed by atoms with Crippen molar-refractivity contribution in [3.8, 4) is 22.8 Å². The van der Waals surface area contributed by atoms with Crippen LogP contribution < -0.4 is 9.47 Å². The minimum Gasteiger partial charge on any atom is -0.493 e. The second-order valence-electron chi connectivity index (χ2n) is 5.14. The summed E-state index contributed by atoms with van der Waals surface area (Å²) in [6.45, 7) is 0. The van der Waals surface area contributed by atoms with E-state index in [1.54, 1.807) is 38.6 Å². The second kappa shape index (κ2) is 7.64. The minimum absolute atomic E-state index is 0.335. The first-order valence-corrected chi connectivity index (χ1v) is 8.17. The molecule has 0 aliphatic heterocycles. The number of halogens is 2. The Balaban J connectivity index is 1.87. The molecule has 3 rings (SSSR count). The van der Waals surface area contributed by atoms with Gasteiger partial charge in [-0.3, -0.25) is 0 Å². The Kier molecular flexibility index (Phi) is 5.31. The number of rotatable bonds is 5. The number of oxazole rings is 1. The van der Waals surface area contributed by atoms with E-state index in [0.29, 0.717) is 33.2 Å². The highest BCUT2D eigenvalue weighted by Gasteiger charge is 2.10.